The van der Waals surface area contributed by atoms with Crippen LogP contribution in [0.2, 0.25) is 0 Å². The van der Waals surface area contributed by atoms with Crippen LogP contribution < -0.4 is 0 Å². The molecule has 0 aliphatic carbocycles. The molecule has 1 aromatic carbocycles. The molecule has 0 saturated carbocycles. The average Bonchev–Trinajstić information content (AvgIpc) is 2.90. The molecule has 0 amide bonds. The summed E-state index contributed by atoms with van der Waals surface area (Å²) in [5.74, 6) is -0.635. The number of ketones is 2. The Hall–Kier alpha value is -2.75. The fourth-order valence-electron chi connectivity index (χ4n) is 2.07. The summed E-state index contributed by atoms with van der Waals surface area (Å²) >= 11 is 0. The summed E-state index contributed by atoms with van der Waals surface area (Å²) < 4.78 is 15.0. The van der Waals surface area contributed by atoms with Crippen LogP contribution in [0.25, 0.3) is 12.2 Å². The number of hydrogen-bond donors (Lipinski definition) is 0. The number of allylic oxidation sites excluding steroid dienone is 2. The Morgan fingerprint density at radius 1 is 1.09 bits per heavy atom. The minimum Gasteiger partial charge on any atom is -0.345 e. The first-order valence-corrected chi connectivity index (χ1v) is 7.36. The second kappa shape index (κ2) is 7.49. The van der Waals surface area contributed by atoms with Gasteiger partial charge in [-0.05, 0) is 48.6 Å². The van der Waals surface area contributed by atoms with Gasteiger partial charge in [0.15, 0.2) is 11.6 Å². The third kappa shape index (κ3) is 4.36. The van der Waals surface area contributed by atoms with E-state index in [2.05, 4.69) is 0 Å². The zero-order valence-electron chi connectivity index (χ0n) is 13.1. The lowest BCUT2D eigenvalue weighted by Crippen LogP contribution is -1.97. The Morgan fingerprint density at radius 2 is 1.74 bits per heavy atom. The van der Waals surface area contributed by atoms with Crippen LogP contribution in [0.1, 0.15) is 35.1 Å². The second-order valence-corrected chi connectivity index (χ2v) is 5.10. The summed E-state index contributed by atoms with van der Waals surface area (Å²) in [6.07, 6.45) is 6.84. The number of hydrogen-bond acceptors (Lipinski definition) is 2. The van der Waals surface area contributed by atoms with E-state index in [-0.39, 0.29) is 11.6 Å². The number of rotatable bonds is 6. The molecule has 0 aliphatic heterocycles. The Bertz CT molecular complexity index is 784. The van der Waals surface area contributed by atoms with Gasteiger partial charge in [0.25, 0.3) is 0 Å². The maximum atomic E-state index is 13.1. The van der Waals surface area contributed by atoms with Gasteiger partial charge in [-0.15, -0.1) is 0 Å². The first kappa shape index (κ1) is 16.6. The molecule has 0 radical (unpaired) electrons. The second-order valence-electron chi connectivity index (χ2n) is 5.10. The Kier molecular flexibility index (Phi) is 5.41. The maximum Gasteiger partial charge on any atom is 0.186 e. The monoisotopic (exact) mass is 311 g/mol. The van der Waals surface area contributed by atoms with E-state index < -0.39 is 5.82 Å². The van der Waals surface area contributed by atoms with Crippen molar-refractivity contribution < 1.29 is 14.0 Å². The van der Waals surface area contributed by atoms with Crippen LogP contribution >= 0.6 is 0 Å². The van der Waals surface area contributed by atoms with Crippen molar-refractivity contribution >= 4 is 23.7 Å². The SMILES string of the molecule is CCC(=O)/C=C/c1ccc(/C=C/C(=O)c2cccc(F)c2)n1C. The van der Waals surface area contributed by atoms with Gasteiger partial charge < -0.3 is 4.57 Å². The largest absolute Gasteiger partial charge is 0.345 e. The maximum absolute atomic E-state index is 13.1. The zero-order chi connectivity index (χ0) is 16.8. The number of benzene rings is 1. The van der Waals surface area contributed by atoms with Crippen LogP contribution in [0.5, 0.6) is 0 Å². The predicted molar refractivity (Wildman–Crippen MR) is 89.5 cm³/mol. The summed E-state index contributed by atoms with van der Waals surface area (Å²) in [5.41, 5.74) is 1.99. The first-order valence-electron chi connectivity index (χ1n) is 7.36. The molecule has 0 aliphatic rings. The van der Waals surface area contributed by atoms with Crippen LogP contribution in [-0.2, 0) is 11.8 Å². The van der Waals surface area contributed by atoms with Gasteiger partial charge in [0, 0.05) is 30.4 Å². The Balaban J connectivity index is 2.14. The Labute approximate surface area is 134 Å². The van der Waals surface area contributed by atoms with Crippen LogP contribution in [0.15, 0.2) is 48.6 Å². The van der Waals surface area contributed by atoms with Crippen LogP contribution in [0, 0.1) is 5.82 Å². The highest BCUT2D eigenvalue weighted by Crippen LogP contribution is 2.12. The molecule has 0 fully saturated rings. The van der Waals surface area contributed by atoms with Crippen LogP contribution in [-0.4, -0.2) is 16.1 Å². The molecule has 2 aromatic rings. The smallest absolute Gasteiger partial charge is 0.186 e. The van der Waals surface area contributed by atoms with E-state index in [1.54, 1.807) is 24.3 Å². The highest BCUT2D eigenvalue weighted by atomic mass is 19.1. The molecule has 0 unspecified atom stereocenters. The van der Waals surface area contributed by atoms with E-state index in [1.165, 1.54) is 24.3 Å². The molecule has 1 aromatic heterocycles. The van der Waals surface area contributed by atoms with Crippen LogP contribution in [0.4, 0.5) is 4.39 Å². The van der Waals surface area contributed by atoms with E-state index in [0.29, 0.717) is 12.0 Å². The molecule has 118 valence electrons. The zero-order valence-corrected chi connectivity index (χ0v) is 13.1. The van der Waals surface area contributed by atoms with Crippen molar-refractivity contribution in [3.63, 3.8) is 0 Å². The van der Waals surface area contributed by atoms with Crippen molar-refractivity contribution in [2.45, 2.75) is 13.3 Å². The molecule has 2 rings (SSSR count). The van der Waals surface area contributed by atoms with E-state index >= 15 is 0 Å². The minimum absolute atomic E-state index is 0.0598. The van der Waals surface area contributed by atoms with Crippen molar-refractivity contribution in [3.8, 4) is 0 Å². The number of aromatic nitrogens is 1. The lowest BCUT2D eigenvalue weighted by molar-refractivity contribution is -0.114. The quantitative estimate of drug-likeness (QED) is 0.596. The van der Waals surface area contributed by atoms with Crippen molar-refractivity contribution in [2.24, 2.45) is 7.05 Å². The molecule has 1 heterocycles. The first-order chi connectivity index (χ1) is 11.0. The van der Waals surface area contributed by atoms with E-state index in [9.17, 15) is 14.0 Å². The molecular formula is C19H18FNO2. The predicted octanol–water partition coefficient (Wildman–Crippen LogP) is 4.05. The summed E-state index contributed by atoms with van der Waals surface area (Å²) in [7, 11) is 1.85. The van der Waals surface area contributed by atoms with Crippen molar-refractivity contribution in [3.05, 3.63) is 71.3 Å². The lowest BCUT2D eigenvalue weighted by Gasteiger charge is -2.01. The summed E-state index contributed by atoms with van der Waals surface area (Å²) in [6.45, 7) is 1.81. The van der Waals surface area contributed by atoms with Crippen molar-refractivity contribution in [1.82, 2.24) is 4.57 Å². The Morgan fingerprint density at radius 3 is 2.35 bits per heavy atom. The third-order valence-electron chi connectivity index (χ3n) is 3.50. The van der Waals surface area contributed by atoms with E-state index in [1.807, 2.05) is 30.7 Å². The molecular weight excluding hydrogens is 293 g/mol. The summed E-state index contributed by atoms with van der Waals surface area (Å²) in [6, 6.07) is 9.31. The van der Waals surface area contributed by atoms with Gasteiger partial charge in [0.05, 0.1) is 0 Å². The molecule has 23 heavy (non-hydrogen) atoms. The van der Waals surface area contributed by atoms with Gasteiger partial charge in [-0.1, -0.05) is 19.1 Å². The number of carbonyl (C=O) groups is 2. The highest BCUT2D eigenvalue weighted by Gasteiger charge is 2.04. The fourth-order valence-corrected chi connectivity index (χ4v) is 2.07. The van der Waals surface area contributed by atoms with Gasteiger partial charge >= 0.3 is 0 Å². The molecule has 0 bridgehead atoms. The van der Waals surface area contributed by atoms with Crippen molar-refractivity contribution in [1.29, 1.82) is 0 Å². The minimum atomic E-state index is -0.434. The number of halogens is 1. The average molecular weight is 311 g/mol. The fraction of sp³-hybridized carbons (Fsp3) is 0.158. The van der Waals surface area contributed by atoms with E-state index in [0.717, 1.165) is 11.4 Å². The van der Waals surface area contributed by atoms with Crippen LogP contribution in [0.3, 0.4) is 0 Å². The van der Waals surface area contributed by atoms with Gasteiger partial charge in [-0.3, -0.25) is 9.59 Å². The van der Waals surface area contributed by atoms with Gasteiger partial charge in [-0.25, -0.2) is 4.39 Å². The van der Waals surface area contributed by atoms with Crippen molar-refractivity contribution in [2.75, 3.05) is 0 Å². The topological polar surface area (TPSA) is 39.1 Å². The molecule has 4 heteroatoms. The summed E-state index contributed by atoms with van der Waals surface area (Å²) in [5, 5.41) is 0. The van der Waals surface area contributed by atoms with Gasteiger partial charge in [0.1, 0.15) is 5.82 Å². The highest BCUT2D eigenvalue weighted by molar-refractivity contribution is 6.06. The molecule has 0 atom stereocenters. The number of nitrogens with zero attached hydrogens (tertiary/aromatic N) is 1. The molecule has 3 nitrogen and oxygen atoms in total. The van der Waals surface area contributed by atoms with E-state index in [4.69, 9.17) is 0 Å². The molecule has 0 spiro atoms. The lowest BCUT2D eigenvalue weighted by atomic mass is 10.1. The molecule has 0 saturated heterocycles. The van der Waals surface area contributed by atoms with Gasteiger partial charge in [-0.2, -0.15) is 0 Å². The molecule has 0 N–H and O–H groups in total. The van der Waals surface area contributed by atoms with Gasteiger partial charge in [0.2, 0.25) is 0 Å². The standard InChI is InChI=1S/C19H18FNO2/c1-3-18(22)11-9-16-7-8-17(21(16)2)10-12-19(23)14-5-4-6-15(20)13-14/h4-13H,3H2,1-2H3/b11-9+,12-10+. The number of carbonyl (C=O) groups excluding carboxylic acids is 2. The third-order valence-corrected chi connectivity index (χ3v) is 3.50. The normalized spacial score (nSPS) is 11.4. The summed E-state index contributed by atoms with van der Waals surface area (Å²) in [4.78, 5) is 23.3.